The van der Waals surface area contributed by atoms with E-state index in [2.05, 4.69) is 29.3 Å². The lowest BCUT2D eigenvalue weighted by Gasteiger charge is -2.32. The standard InChI is InChI=1S/C33H43N3O6S/c1-10-36(29(38)26(20-43)35-31(40)42-33(7,8)9)27(24-18-14-15-21(2)22(24)3)28(37)34-25(30(39)41-32(4,5)6)19-23-16-12-11-13-17-23/h1,11-18,25-27,43H,19-20H2,2-9H3,(H,34,37)(H,35,40). The first-order valence-corrected chi connectivity index (χ1v) is 14.6. The van der Waals surface area contributed by atoms with Gasteiger partial charge in [-0.1, -0.05) is 55.0 Å². The number of alkyl carbamates (subject to hydrolysis) is 1. The van der Waals surface area contributed by atoms with Gasteiger partial charge in [0, 0.05) is 18.2 Å². The Labute approximate surface area is 260 Å². The van der Waals surface area contributed by atoms with Gasteiger partial charge in [-0.2, -0.15) is 12.6 Å². The summed E-state index contributed by atoms with van der Waals surface area (Å²) in [6.45, 7) is 14.0. The maximum absolute atomic E-state index is 14.2. The van der Waals surface area contributed by atoms with Gasteiger partial charge in [0.15, 0.2) is 0 Å². The van der Waals surface area contributed by atoms with E-state index in [0.29, 0.717) is 5.56 Å². The number of esters is 1. The highest BCUT2D eigenvalue weighted by Crippen LogP contribution is 2.27. The number of carbonyl (C=O) groups is 4. The minimum absolute atomic E-state index is 0.119. The Morgan fingerprint density at radius 1 is 0.884 bits per heavy atom. The molecule has 9 nitrogen and oxygen atoms in total. The molecule has 3 unspecified atom stereocenters. The van der Waals surface area contributed by atoms with E-state index in [1.165, 1.54) is 0 Å². The van der Waals surface area contributed by atoms with Crippen LogP contribution in [0.25, 0.3) is 0 Å². The molecular weight excluding hydrogens is 566 g/mol. The summed E-state index contributed by atoms with van der Waals surface area (Å²) in [4.78, 5) is 54.7. The van der Waals surface area contributed by atoms with Crippen LogP contribution in [0.1, 0.15) is 69.8 Å². The number of benzene rings is 2. The van der Waals surface area contributed by atoms with E-state index in [0.717, 1.165) is 21.6 Å². The minimum Gasteiger partial charge on any atom is -0.458 e. The van der Waals surface area contributed by atoms with E-state index in [9.17, 15) is 19.2 Å². The number of ether oxygens (including phenoxy) is 2. The molecule has 0 fully saturated rings. The van der Waals surface area contributed by atoms with Gasteiger partial charge in [0.05, 0.1) is 0 Å². The van der Waals surface area contributed by atoms with Gasteiger partial charge in [0.2, 0.25) is 5.91 Å². The van der Waals surface area contributed by atoms with Gasteiger partial charge in [-0.25, -0.2) is 9.59 Å². The maximum Gasteiger partial charge on any atom is 0.408 e. The molecule has 0 bridgehead atoms. The second-order valence-corrected chi connectivity index (χ2v) is 12.6. The van der Waals surface area contributed by atoms with Crippen LogP contribution in [-0.2, 0) is 30.3 Å². The van der Waals surface area contributed by atoms with Crippen molar-refractivity contribution in [1.82, 2.24) is 15.5 Å². The van der Waals surface area contributed by atoms with Crippen LogP contribution in [0.15, 0.2) is 48.5 Å². The van der Waals surface area contributed by atoms with Gasteiger partial charge in [-0.15, -0.1) is 0 Å². The average molecular weight is 610 g/mol. The molecule has 0 saturated carbocycles. The van der Waals surface area contributed by atoms with Crippen molar-refractivity contribution in [2.45, 2.75) is 91.1 Å². The monoisotopic (exact) mass is 609 g/mol. The van der Waals surface area contributed by atoms with Gasteiger partial charge >= 0.3 is 12.1 Å². The molecule has 2 aromatic carbocycles. The first-order valence-electron chi connectivity index (χ1n) is 14.0. The number of rotatable bonds is 10. The molecule has 2 rings (SSSR count). The molecule has 0 aliphatic heterocycles. The van der Waals surface area contributed by atoms with E-state index in [4.69, 9.17) is 15.9 Å². The normalized spacial score (nSPS) is 13.5. The van der Waals surface area contributed by atoms with Crippen LogP contribution >= 0.6 is 12.6 Å². The lowest BCUT2D eigenvalue weighted by atomic mass is 9.95. The van der Waals surface area contributed by atoms with Gasteiger partial charge in [-0.3, -0.25) is 14.5 Å². The Morgan fingerprint density at radius 3 is 2.02 bits per heavy atom. The number of nitrogens with zero attached hydrogens (tertiary/aromatic N) is 1. The number of terminal acetylenes is 1. The third-order valence-electron chi connectivity index (χ3n) is 6.29. The summed E-state index contributed by atoms with van der Waals surface area (Å²) >= 11 is 4.25. The van der Waals surface area contributed by atoms with Crippen LogP contribution in [0, 0.1) is 26.3 Å². The molecule has 0 spiro atoms. The number of thiol groups is 1. The summed E-state index contributed by atoms with van der Waals surface area (Å²) in [6.07, 6.45) is 5.18. The minimum atomic E-state index is -1.35. The van der Waals surface area contributed by atoms with Gasteiger partial charge in [0.25, 0.3) is 5.91 Å². The molecule has 2 aromatic rings. The summed E-state index contributed by atoms with van der Waals surface area (Å²) in [7, 11) is 0. The van der Waals surface area contributed by atoms with E-state index in [1.807, 2.05) is 50.2 Å². The number of carbonyl (C=O) groups excluding carboxylic acids is 4. The van der Waals surface area contributed by atoms with Crippen LogP contribution in [-0.4, -0.2) is 57.8 Å². The molecular formula is C33H43N3O6S. The third-order valence-corrected chi connectivity index (χ3v) is 6.65. The smallest absolute Gasteiger partial charge is 0.408 e. The van der Waals surface area contributed by atoms with Crippen LogP contribution in [0.3, 0.4) is 0 Å². The summed E-state index contributed by atoms with van der Waals surface area (Å²) in [5.41, 5.74) is 1.24. The highest BCUT2D eigenvalue weighted by atomic mass is 32.1. The van der Waals surface area contributed by atoms with Crippen molar-refractivity contribution in [1.29, 1.82) is 0 Å². The summed E-state index contributed by atoms with van der Waals surface area (Å²) in [5.74, 6) is -2.20. The Bertz CT molecular complexity index is 1340. The van der Waals surface area contributed by atoms with E-state index < -0.39 is 53.2 Å². The lowest BCUT2D eigenvalue weighted by Crippen LogP contribution is -2.54. The lowest BCUT2D eigenvalue weighted by molar-refractivity contribution is -0.159. The molecule has 3 amide bonds. The van der Waals surface area contributed by atoms with E-state index in [1.54, 1.807) is 53.7 Å². The molecule has 0 saturated heterocycles. The Hall–Kier alpha value is -3.97. The van der Waals surface area contributed by atoms with Gasteiger partial charge in [0.1, 0.15) is 29.3 Å². The predicted molar refractivity (Wildman–Crippen MR) is 169 cm³/mol. The Kier molecular flexibility index (Phi) is 12.3. The molecule has 0 radical (unpaired) electrons. The zero-order valence-electron chi connectivity index (χ0n) is 26.2. The van der Waals surface area contributed by atoms with Crippen LogP contribution in [0.4, 0.5) is 4.79 Å². The molecule has 0 heterocycles. The van der Waals surface area contributed by atoms with Crippen molar-refractivity contribution in [2.24, 2.45) is 0 Å². The second kappa shape index (κ2) is 15.0. The number of amides is 3. The number of hydrogen-bond donors (Lipinski definition) is 3. The Balaban J connectivity index is 2.54. The molecule has 43 heavy (non-hydrogen) atoms. The van der Waals surface area contributed by atoms with Gasteiger partial charge < -0.3 is 20.1 Å². The average Bonchev–Trinajstić information content (AvgIpc) is 2.90. The number of nitrogens with one attached hydrogen (secondary N) is 2. The van der Waals surface area contributed by atoms with Crippen molar-refractivity contribution in [3.05, 3.63) is 70.8 Å². The molecule has 0 aliphatic rings. The first-order chi connectivity index (χ1) is 20.0. The molecule has 3 atom stereocenters. The third kappa shape index (κ3) is 10.7. The van der Waals surface area contributed by atoms with Crippen molar-refractivity contribution in [2.75, 3.05) is 5.75 Å². The molecule has 0 aromatic heterocycles. The number of hydrogen-bond acceptors (Lipinski definition) is 7. The summed E-state index contributed by atoms with van der Waals surface area (Å²) in [6, 6.07) is 13.2. The fourth-order valence-corrected chi connectivity index (χ4v) is 4.45. The van der Waals surface area contributed by atoms with Crippen LogP contribution in [0.2, 0.25) is 0 Å². The fourth-order valence-electron chi connectivity index (χ4n) is 4.20. The van der Waals surface area contributed by atoms with Crippen molar-refractivity contribution in [3.8, 4) is 12.5 Å². The largest absolute Gasteiger partial charge is 0.458 e. The predicted octanol–water partition coefficient (Wildman–Crippen LogP) is 4.66. The fraction of sp³-hybridized carbons (Fsp3) is 0.455. The zero-order valence-corrected chi connectivity index (χ0v) is 27.1. The molecule has 232 valence electrons. The molecule has 2 N–H and O–H groups in total. The quantitative estimate of drug-likeness (QED) is 0.156. The first kappa shape index (κ1) is 35.2. The van der Waals surface area contributed by atoms with Crippen molar-refractivity contribution in [3.63, 3.8) is 0 Å². The van der Waals surface area contributed by atoms with Crippen molar-refractivity contribution >= 4 is 36.5 Å². The highest BCUT2D eigenvalue weighted by Gasteiger charge is 2.38. The zero-order chi connectivity index (χ0) is 32.5. The maximum atomic E-state index is 14.2. The topological polar surface area (TPSA) is 114 Å². The Morgan fingerprint density at radius 2 is 1.49 bits per heavy atom. The molecule has 10 heteroatoms. The van der Waals surface area contributed by atoms with Gasteiger partial charge in [-0.05, 0) is 77.6 Å². The highest BCUT2D eigenvalue weighted by molar-refractivity contribution is 7.80. The van der Waals surface area contributed by atoms with Crippen LogP contribution < -0.4 is 10.6 Å². The van der Waals surface area contributed by atoms with E-state index >= 15 is 0 Å². The summed E-state index contributed by atoms with van der Waals surface area (Å²) < 4.78 is 10.9. The second-order valence-electron chi connectivity index (χ2n) is 12.2. The summed E-state index contributed by atoms with van der Waals surface area (Å²) in [5, 5.41) is 5.29. The SMILES string of the molecule is C#CN(C(=O)C(CS)NC(=O)OC(C)(C)C)C(C(=O)NC(Cc1ccccc1)C(=O)OC(C)(C)C)c1cccc(C)c1C. The van der Waals surface area contributed by atoms with E-state index in [-0.39, 0.29) is 12.2 Å². The van der Waals surface area contributed by atoms with Crippen molar-refractivity contribution < 1.29 is 28.7 Å². The number of aryl methyl sites for hydroxylation is 1. The molecule has 0 aliphatic carbocycles. The van der Waals surface area contributed by atoms with Crippen LogP contribution in [0.5, 0.6) is 0 Å².